The van der Waals surface area contributed by atoms with Crippen molar-refractivity contribution in [2.24, 2.45) is 13.0 Å². The van der Waals surface area contributed by atoms with Crippen molar-refractivity contribution >= 4 is 11.7 Å². The minimum absolute atomic E-state index is 0.129. The summed E-state index contributed by atoms with van der Waals surface area (Å²) in [6.45, 7) is 5.23. The van der Waals surface area contributed by atoms with E-state index in [1.165, 1.54) is 0 Å². The third-order valence-corrected chi connectivity index (χ3v) is 3.18. The van der Waals surface area contributed by atoms with E-state index in [0.29, 0.717) is 11.8 Å². The molecule has 1 aromatic rings. The molecular formula is C14H22N2O3. The third-order valence-electron chi connectivity index (χ3n) is 3.18. The van der Waals surface area contributed by atoms with Gasteiger partial charge in [0.25, 0.3) is 0 Å². The van der Waals surface area contributed by atoms with Crippen LogP contribution in [0.1, 0.15) is 26.7 Å². The molecule has 2 rings (SSSR count). The monoisotopic (exact) mass is 266 g/mol. The van der Waals surface area contributed by atoms with Crippen LogP contribution in [0.15, 0.2) is 12.4 Å². The molecule has 1 aliphatic rings. The highest BCUT2D eigenvalue weighted by atomic mass is 16.5. The molecule has 1 aliphatic heterocycles. The number of esters is 1. The summed E-state index contributed by atoms with van der Waals surface area (Å²) in [5, 5.41) is 3.44. The van der Waals surface area contributed by atoms with E-state index in [0.717, 1.165) is 31.7 Å². The van der Waals surface area contributed by atoms with E-state index in [-0.39, 0.29) is 11.9 Å². The SMILES string of the molecule is CC(C)C(=O)Oc1cn(C)cc1NC1CCOCC1. The van der Waals surface area contributed by atoms with Crippen molar-refractivity contribution in [3.05, 3.63) is 12.4 Å². The van der Waals surface area contributed by atoms with Gasteiger partial charge in [0.2, 0.25) is 0 Å². The van der Waals surface area contributed by atoms with Gasteiger partial charge in [-0.05, 0) is 12.8 Å². The molecule has 0 aliphatic carbocycles. The van der Waals surface area contributed by atoms with Gasteiger partial charge in [-0.25, -0.2) is 0 Å². The lowest BCUT2D eigenvalue weighted by molar-refractivity contribution is -0.137. The number of hydrogen-bond donors (Lipinski definition) is 1. The largest absolute Gasteiger partial charge is 0.422 e. The smallest absolute Gasteiger partial charge is 0.313 e. The average molecular weight is 266 g/mol. The van der Waals surface area contributed by atoms with Crippen molar-refractivity contribution in [1.82, 2.24) is 4.57 Å². The van der Waals surface area contributed by atoms with Gasteiger partial charge < -0.3 is 19.4 Å². The number of anilines is 1. The molecule has 1 aromatic heterocycles. The zero-order chi connectivity index (χ0) is 13.8. The topological polar surface area (TPSA) is 52.5 Å². The average Bonchev–Trinajstić information content (AvgIpc) is 2.70. The summed E-state index contributed by atoms with van der Waals surface area (Å²) in [7, 11) is 1.92. The van der Waals surface area contributed by atoms with Crippen molar-refractivity contribution in [3.8, 4) is 5.75 Å². The lowest BCUT2D eigenvalue weighted by Gasteiger charge is -2.24. The Balaban J connectivity index is 2.04. The lowest BCUT2D eigenvalue weighted by atomic mass is 10.1. The number of carbonyl (C=O) groups is 1. The number of carbonyl (C=O) groups excluding carboxylic acids is 1. The summed E-state index contributed by atoms with van der Waals surface area (Å²) in [5.74, 6) is 0.269. The van der Waals surface area contributed by atoms with Crippen LogP contribution in [0.4, 0.5) is 5.69 Å². The van der Waals surface area contributed by atoms with Crippen molar-refractivity contribution in [2.75, 3.05) is 18.5 Å². The molecule has 2 heterocycles. The van der Waals surface area contributed by atoms with Crippen LogP contribution in [0.2, 0.25) is 0 Å². The highest BCUT2D eigenvalue weighted by molar-refractivity contribution is 5.76. The van der Waals surface area contributed by atoms with E-state index in [1.54, 1.807) is 0 Å². The number of ether oxygens (including phenoxy) is 2. The maximum Gasteiger partial charge on any atom is 0.313 e. The molecule has 0 unspecified atom stereocenters. The first-order valence-electron chi connectivity index (χ1n) is 6.78. The van der Waals surface area contributed by atoms with E-state index in [2.05, 4.69) is 5.32 Å². The fourth-order valence-electron chi connectivity index (χ4n) is 2.04. The predicted octanol–water partition coefficient (Wildman–Crippen LogP) is 2.18. The molecule has 0 bridgehead atoms. The first-order chi connectivity index (χ1) is 9.06. The van der Waals surface area contributed by atoms with Gasteiger partial charge in [-0.2, -0.15) is 0 Å². The molecule has 106 valence electrons. The third kappa shape index (κ3) is 3.73. The van der Waals surface area contributed by atoms with E-state index in [1.807, 2.05) is 37.9 Å². The van der Waals surface area contributed by atoms with Crippen molar-refractivity contribution in [2.45, 2.75) is 32.7 Å². The van der Waals surface area contributed by atoms with Gasteiger partial charge in [0.05, 0.1) is 11.6 Å². The number of hydrogen-bond acceptors (Lipinski definition) is 4. The molecule has 0 atom stereocenters. The van der Waals surface area contributed by atoms with Crippen LogP contribution in [0.3, 0.4) is 0 Å². The number of rotatable bonds is 4. The van der Waals surface area contributed by atoms with Crippen LogP contribution in [0.25, 0.3) is 0 Å². The molecule has 5 heteroatoms. The van der Waals surface area contributed by atoms with E-state index < -0.39 is 0 Å². The second-order valence-electron chi connectivity index (χ2n) is 5.31. The summed E-state index contributed by atoms with van der Waals surface area (Å²) in [4.78, 5) is 11.7. The number of aromatic nitrogens is 1. The van der Waals surface area contributed by atoms with Crippen LogP contribution in [-0.4, -0.2) is 29.8 Å². The number of aryl methyl sites for hydroxylation is 1. The van der Waals surface area contributed by atoms with Gasteiger partial charge in [-0.1, -0.05) is 13.8 Å². The molecule has 0 spiro atoms. The Labute approximate surface area is 113 Å². The fraction of sp³-hybridized carbons (Fsp3) is 0.643. The van der Waals surface area contributed by atoms with Crippen LogP contribution < -0.4 is 10.1 Å². The Morgan fingerprint density at radius 2 is 2.11 bits per heavy atom. The summed E-state index contributed by atoms with van der Waals surface area (Å²) < 4.78 is 12.6. The maximum absolute atomic E-state index is 11.7. The number of nitrogens with zero attached hydrogens (tertiary/aromatic N) is 1. The minimum Gasteiger partial charge on any atom is -0.422 e. The second kappa shape index (κ2) is 6.10. The molecule has 19 heavy (non-hydrogen) atoms. The van der Waals surface area contributed by atoms with Gasteiger partial charge in [0.1, 0.15) is 0 Å². The Morgan fingerprint density at radius 1 is 1.42 bits per heavy atom. The standard InChI is InChI=1S/C14H22N2O3/c1-10(2)14(17)19-13-9-16(3)8-12(13)15-11-4-6-18-7-5-11/h8-11,15H,4-7H2,1-3H3. The van der Waals surface area contributed by atoms with Crippen LogP contribution >= 0.6 is 0 Å². The van der Waals surface area contributed by atoms with Crippen LogP contribution in [0, 0.1) is 5.92 Å². The Kier molecular flexibility index (Phi) is 4.47. The van der Waals surface area contributed by atoms with Crippen LogP contribution in [0.5, 0.6) is 5.75 Å². The highest BCUT2D eigenvalue weighted by Gasteiger charge is 2.18. The molecule has 1 fully saturated rings. The van der Waals surface area contributed by atoms with E-state index >= 15 is 0 Å². The van der Waals surface area contributed by atoms with Crippen molar-refractivity contribution in [1.29, 1.82) is 0 Å². The summed E-state index contributed by atoms with van der Waals surface area (Å²) in [5.41, 5.74) is 0.878. The summed E-state index contributed by atoms with van der Waals surface area (Å²) >= 11 is 0. The Bertz CT molecular complexity index is 434. The molecule has 0 aromatic carbocycles. The maximum atomic E-state index is 11.7. The van der Waals surface area contributed by atoms with Gasteiger partial charge in [-0.15, -0.1) is 0 Å². The first kappa shape index (κ1) is 13.9. The Hall–Kier alpha value is -1.49. The van der Waals surface area contributed by atoms with Crippen LogP contribution in [-0.2, 0) is 16.6 Å². The Morgan fingerprint density at radius 3 is 2.74 bits per heavy atom. The molecule has 1 saturated heterocycles. The normalized spacial score (nSPS) is 16.6. The molecule has 0 radical (unpaired) electrons. The van der Waals surface area contributed by atoms with Gasteiger partial charge in [0.15, 0.2) is 5.75 Å². The second-order valence-corrected chi connectivity index (χ2v) is 5.31. The highest BCUT2D eigenvalue weighted by Crippen LogP contribution is 2.28. The van der Waals surface area contributed by atoms with E-state index in [9.17, 15) is 4.79 Å². The zero-order valence-corrected chi connectivity index (χ0v) is 11.8. The van der Waals surface area contributed by atoms with Gasteiger partial charge in [-0.3, -0.25) is 4.79 Å². The molecule has 0 saturated carbocycles. The van der Waals surface area contributed by atoms with Crippen molar-refractivity contribution in [3.63, 3.8) is 0 Å². The quantitative estimate of drug-likeness (QED) is 0.849. The minimum atomic E-state index is -0.207. The molecule has 5 nitrogen and oxygen atoms in total. The molecule has 1 N–H and O–H groups in total. The summed E-state index contributed by atoms with van der Waals surface area (Å²) in [6.07, 6.45) is 5.72. The zero-order valence-electron chi connectivity index (χ0n) is 11.8. The van der Waals surface area contributed by atoms with Gasteiger partial charge in [0, 0.05) is 38.7 Å². The van der Waals surface area contributed by atoms with E-state index in [4.69, 9.17) is 9.47 Å². The van der Waals surface area contributed by atoms with Gasteiger partial charge >= 0.3 is 5.97 Å². The predicted molar refractivity (Wildman–Crippen MR) is 73.3 cm³/mol. The lowest BCUT2D eigenvalue weighted by Crippen LogP contribution is -2.28. The fourth-order valence-corrected chi connectivity index (χ4v) is 2.04. The number of nitrogens with one attached hydrogen (secondary N) is 1. The first-order valence-corrected chi connectivity index (χ1v) is 6.78. The van der Waals surface area contributed by atoms with Crippen molar-refractivity contribution < 1.29 is 14.3 Å². The molecule has 0 amide bonds. The molecular weight excluding hydrogens is 244 g/mol. The summed E-state index contributed by atoms with van der Waals surface area (Å²) in [6, 6.07) is 0.382.